The second-order valence-corrected chi connectivity index (χ2v) is 20.2. The summed E-state index contributed by atoms with van der Waals surface area (Å²) >= 11 is 0. The number of aliphatic hydroxyl groups is 2. The minimum atomic E-state index is -1.93. The molecule has 0 spiro atoms. The van der Waals surface area contributed by atoms with Crippen molar-refractivity contribution in [2.45, 2.75) is 250 Å². The average Bonchev–Trinajstić information content (AvgIpc) is 3.53. The maximum atomic E-state index is 13.2. The van der Waals surface area contributed by atoms with Crippen molar-refractivity contribution in [3.8, 4) is 0 Å². The third kappa shape index (κ3) is 44.9. The molecule has 0 aromatic carbocycles. The van der Waals surface area contributed by atoms with Crippen molar-refractivity contribution in [2.75, 3.05) is 13.2 Å². The Balaban J connectivity index is 2.75. The summed E-state index contributed by atoms with van der Waals surface area (Å²) in [5.41, 5.74) is 0. The fourth-order valence-electron chi connectivity index (χ4n) is 8.30. The topological polar surface area (TPSA) is 175 Å². The van der Waals surface area contributed by atoms with Crippen LogP contribution in [0.1, 0.15) is 213 Å². The number of carboxylic acids is 1. The standard InChI is InChI=1S/C69H106O12/c1-4-7-10-13-16-19-22-25-28-30-31-33-35-37-40-43-46-49-52-55-61(70)77-58-60(79-62(71)56-53-50-47-44-41-38-34-27-24-21-18-15-12-9-6-3)59-78-69-67(65(74)64(73)66(81-69)68(75)76)80-63(72)57-54-51-48-45-42-39-36-32-29-26-23-20-17-14-11-8-5-2/h7-12,16-21,25-29,31,33-34,37,40,46,49,60,64-67,69,73-74H,4-6,13-15,22-24,30,32,35-36,38-39,41-45,47-48,50-59H2,1-3H3,(H,75,76)/b10-7-,11-8-,12-9-,19-16-,20-17-,21-18-,28-25-,29-26-,33-31-,34-27-,40-37-,49-46-. The number of allylic oxidation sites excluding steroid dienone is 24. The van der Waals surface area contributed by atoms with Gasteiger partial charge in [-0.2, -0.15) is 0 Å². The highest BCUT2D eigenvalue weighted by atomic mass is 16.7. The molecule has 1 saturated heterocycles. The Morgan fingerprint density at radius 2 is 0.765 bits per heavy atom. The quantitative estimate of drug-likeness (QED) is 0.0228. The summed E-state index contributed by atoms with van der Waals surface area (Å²) in [6.07, 6.45) is 66.8. The SMILES string of the molecule is CC/C=C\C/C=C\C/C=C\C/C=C\C/C=C\C/C=C\CCC(=O)OCC(COC1OC(C(=O)O)C(O)C(O)C1OC(=O)CCCCCCCCC/C=C\C/C=C\C/C=C\CC)OC(=O)CCCCCCC/C=C\C/C=C\C/C=C\CC. The fraction of sp³-hybridized carbons (Fsp3) is 0.594. The lowest BCUT2D eigenvalue weighted by atomic mass is 9.98. The van der Waals surface area contributed by atoms with Gasteiger partial charge in [0.25, 0.3) is 0 Å². The number of unbranched alkanes of at least 4 members (excludes halogenated alkanes) is 12. The van der Waals surface area contributed by atoms with Gasteiger partial charge in [0, 0.05) is 19.3 Å². The predicted molar refractivity (Wildman–Crippen MR) is 330 cm³/mol. The number of aliphatic carboxylic acids is 1. The Morgan fingerprint density at radius 1 is 0.407 bits per heavy atom. The predicted octanol–water partition coefficient (Wildman–Crippen LogP) is 16.3. The molecular formula is C69H106O12. The smallest absolute Gasteiger partial charge is 0.335 e. The van der Waals surface area contributed by atoms with Gasteiger partial charge in [0.1, 0.15) is 18.8 Å². The third-order valence-corrected chi connectivity index (χ3v) is 12.9. The van der Waals surface area contributed by atoms with E-state index in [2.05, 4.69) is 154 Å². The van der Waals surface area contributed by atoms with Gasteiger partial charge in [0.2, 0.25) is 0 Å². The average molecular weight is 1130 g/mol. The lowest BCUT2D eigenvalue weighted by Gasteiger charge is -2.40. The number of carbonyl (C=O) groups excluding carboxylic acids is 3. The van der Waals surface area contributed by atoms with Gasteiger partial charge in [-0.15, -0.1) is 0 Å². The zero-order chi connectivity index (χ0) is 58.9. The summed E-state index contributed by atoms with van der Waals surface area (Å²) < 4.78 is 28.4. The van der Waals surface area contributed by atoms with Crippen LogP contribution in [0.15, 0.2) is 146 Å². The van der Waals surface area contributed by atoms with Gasteiger partial charge < -0.3 is 39.0 Å². The van der Waals surface area contributed by atoms with E-state index in [0.29, 0.717) is 19.3 Å². The lowest BCUT2D eigenvalue weighted by Crippen LogP contribution is -2.61. The molecule has 1 rings (SSSR count). The summed E-state index contributed by atoms with van der Waals surface area (Å²) in [4.78, 5) is 51.2. The molecule has 454 valence electrons. The van der Waals surface area contributed by atoms with Gasteiger partial charge in [-0.1, -0.05) is 218 Å². The van der Waals surface area contributed by atoms with Gasteiger partial charge in [-0.3, -0.25) is 14.4 Å². The first kappa shape index (κ1) is 73.6. The van der Waals surface area contributed by atoms with Crippen molar-refractivity contribution >= 4 is 23.9 Å². The molecule has 1 fully saturated rings. The molecule has 0 aromatic rings. The van der Waals surface area contributed by atoms with Crippen LogP contribution in [-0.2, 0) is 42.9 Å². The molecule has 0 aliphatic carbocycles. The van der Waals surface area contributed by atoms with Crippen molar-refractivity contribution in [1.82, 2.24) is 0 Å². The molecule has 3 N–H and O–H groups in total. The zero-order valence-electron chi connectivity index (χ0n) is 50.0. The van der Waals surface area contributed by atoms with Crippen molar-refractivity contribution in [2.24, 2.45) is 0 Å². The van der Waals surface area contributed by atoms with Crippen molar-refractivity contribution in [3.05, 3.63) is 146 Å². The number of carbonyl (C=O) groups is 4. The van der Waals surface area contributed by atoms with Gasteiger partial charge in [0.05, 0.1) is 6.61 Å². The molecule has 12 nitrogen and oxygen atoms in total. The summed E-state index contributed by atoms with van der Waals surface area (Å²) in [6, 6.07) is 0. The van der Waals surface area contributed by atoms with E-state index in [4.69, 9.17) is 23.7 Å². The normalized spacial score (nSPS) is 18.8. The van der Waals surface area contributed by atoms with Crippen LogP contribution in [0.2, 0.25) is 0 Å². The minimum absolute atomic E-state index is 0.0315. The first-order valence-electron chi connectivity index (χ1n) is 30.8. The molecule has 0 radical (unpaired) electrons. The van der Waals surface area contributed by atoms with E-state index in [1.807, 2.05) is 12.2 Å². The van der Waals surface area contributed by atoms with Crippen LogP contribution >= 0.6 is 0 Å². The number of ether oxygens (including phenoxy) is 5. The van der Waals surface area contributed by atoms with Gasteiger partial charge in [-0.05, 0) is 122 Å². The van der Waals surface area contributed by atoms with Crippen LogP contribution in [0.5, 0.6) is 0 Å². The van der Waals surface area contributed by atoms with E-state index in [-0.39, 0.29) is 25.9 Å². The molecule has 1 aliphatic heterocycles. The number of esters is 3. The van der Waals surface area contributed by atoms with E-state index < -0.39 is 67.3 Å². The van der Waals surface area contributed by atoms with Crippen molar-refractivity contribution < 1.29 is 58.2 Å². The minimum Gasteiger partial charge on any atom is -0.479 e. The maximum absolute atomic E-state index is 13.2. The van der Waals surface area contributed by atoms with E-state index in [1.165, 1.54) is 0 Å². The van der Waals surface area contributed by atoms with Crippen molar-refractivity contribution in [1.29, 1.82) is 0 Å². The monoisotopic (exact) mass is 1130 g/mol. The second kappa shape index (κ2) is 55.2. The summed E-state index contributed by atoms with van der Waals surface area (Å²) in [7, 11) is 0. The largest absolute Gasteiger partial charge is 0.479 e. The molecule has 0 aromatic heterocycles. The molecule has 0 saturated carbocycles. The molecule has 1 aliphatic rings. The number of rotatable bonds is 50. The summed E-state index contributed by atoms with van der Waals surface area (Å²) in [5, 5.41) is 31.5. The van der Waals surface area contributed by atoms with Crippen molar-refractivity contribution in [3.63, 3.8) is 0 Å². The summed E-state index contributed by atoms with van der Waals surface area (Å²) in [5.74, 6) is -3.29. The Labute approximate surface area is 489 Å². The molecule has 6 atom stereocenters. The first-order chi connectivity index (χ1) is 39.6. The Kier molecular flexibility index (Phi) is 50.1. The van der Waals surface area contributed by atoms with Crippen LogP contribution < -0.4 is 0 Å². The molecular weight excluding hydrogens is 1020 g/mol. The Hall–Kier alpha value is -5.40. The van der Waals surface area contributed by atoms with Crippen LogP contribution in [0.25, 0.3) is 0 Å². The molecule has 12 heteroatoms. The Morgan fingerprint density at radius 3 is 1.17 bits per heavy atom. The van der Waals surface area contributed by atoms with E-state index in [9.17, 15) is 34.5 Å². The first-order valence-corrected chi connectivity index (χ1v) is 30.8. The molecule has 0 bridgehead atoms. The molecule has 81 heavy (non-hydrogen) atoms. The zero-order valence-corrected chi connectivity index (χ0v) is 50.0. The van der Waals surface area contributed by atoms with E-state index >= 15 is 0 Å². The fourth-order valence-corrected chi connectivity index (χ4v) is 8.30. The number of hydrogen-bond acceptors (Lipinski definition) is 11. The lowest BCUT2D eigenvalue weighted by molar-refractivity contribution is -0.301. The van der Waals surface area contributed by atoms with Crippen LogP contribution in [0.4, 0.5) is 0 Å². The molecule has 6 unspecified atom stereocenters. The second-order valence-electron chi connectivity index (χ2n) is 20.2. The maximum Gasteiger partial charge on any atom is 0.335 e. The van der Waals surface area contributed by atoms with Gasteiger partial charge in [0.15, 0.2) is 24.6 Å². The third-order valence-electron chi connectivity index (χ3n) is 12.9. The van der Waals surface area contributed by atoms with Crippen LogP contribution in [0.3, 0.4) is 0 Å². The summed E-state index contributed by atoms with van der Waals surface area (Å²) in [6.45, 7) is 5.57. The van der Waals surface area contributed by atoms with E-state index in [1.54, 1.807) is 0 Å². The number of carboxylic acid groups (broad SMARTS) is 1. The van der Waals surface area contributed by atoms with Gasteiger partial charge in [-0.25, -0.2) is 4.79 Å². The number of hydrogen-bond donors (Lipinski definition) is 3. The highest BCUT2D eigenvalue weighted by Crippen LogP contribution is 2.26. The van der Waals surface area contributed by atoms with Crippen LogP contribution in [0, 0.1) is 0 Å². The van der Waals surface area contributed by atoms with Crippen LogP contribution in [-0.4, -0.2) is 89.2 Å². The molecule has 0 amide bonds. The molecule has 1 heterocycles. The van der Waals surface area contributed by atoms with Gasteiger partial charge >= 0.3 is 23.9 Å². The Bertz CT molecular complexity index is 1960. The highest BCUT2D eigenvalue weighted by molar-refractivity contribution is 5.74. The highest BCUT2D eigenvalue weighted by Gasteiger charge is 2.50. The van der Waals surface area contributed by atoms with E-state index in [0.717, 1.165) is 154 Å². The number of aliphatic hydroxyl groups excluding tert-OH is 2.